The third-order valence-electron chi connectivity index (χ3n) is 4.27. The maximum Gasteiger partial charge on any atom is 0.266 e. The van der Waals surface area contributed by atoms with Crippen LogP contribution in [0.1, 0.15) is 23.7 Å². The number of carbonyl (C=O) groups is 1. The van der Waals surface area contributed by atoms with Crippen LogP contribution in [0.3, 0.4) is 0 Å². The van der Waals surface area contributed by atoms with Crippen molar-refractivity contribution in [1.29, 1.82) is 0 Å². The van der Waals surface area contributed by atoms with E-state index in [1.165, 1.54) is 0 Å². The number of para-hydroxylation sites is 2. The van der Waals surface area contributed by atoms with Gasteiger partial charge in [0.05, 0.1) is 23.5 Å². The average Bonchev–Trinajstić information content (AvgIpc) is 2.70. The second kappa shape index (κ2) is 7.67. The molecule has 0 aliphatic carbocycles. The summed E-state index contributed by atoms with van der Waals surface area (Å²) in [6.07, 6.45) is 0.879. The van der Waals surface area contributed by atoms with Gasteiger partial charge in [0, 0.05) is 14.8 Å². The number of amides is 1. The van der Waals surface area contributed by atoms with Gasteiger partial charge in [0.15, 0.2) is 0 Å². The van der Waals surface area contributed by atoms with Gasteiger partial charge >= 0.3 is 0 Å². The third kappa shape index (κ3) is 3.43. The van der Waals surface area contributed by atoms with Crippen molar-refractivity contribution < 1.29 is 9.53 Å². The molecule has 0 fully saturated rings. The minimum absolute atomic E-state index is 0.127. The zero-order valence-corrected chi connectivity index (χ0v) is 16.4. The van der Waals surface area contributed by atoms with Crippen molar-refractivity contribution in [1.82, 2.24) is 0 Å². The summed E-state index contributed by atoms with van der Waals surface area (Å²) in [6, 6.07) is 20.9. The molecular weight excluding hydrogens is 378 g/mol. The van der Waals surface area contributed by atoms with E-state index in [-0.39, 0.29) is 5.91 Å². The van der Waals surface area contributed by atoms with Gasteiger partial charge in [-0.1, -0.05) is 54.6 Å². The van der Waals surface area contributed by atoms with Crippen LogP contribution in [-0.2, 0) is 0 Å². The fourth-order valence-corrected chi connectivity index (χ4v) is 4.25. The predicted octanol–water partition coefficient (Wildman–Crippen LogP) is 6.57. The van der Waals surface area contributed by atoms with Gasteiger partial charge in [-0.15, -0.1) is 0 Å². The highest BCUT2D eigenvalue weighted by molar-refractivity contribution is 7.99. The van der Waals surface area contributed by atoms with E-state index < -0.39 is 0 Å². The molecule has 1 aliphatic rings. The first-order valence-corrected chi connectivity index (χ1v) is 10.0. The maximum absolute atomic E-state index is 13.6. The number of hydrogen-bond acceptors (Lipinski definition) is 3. The number of hydrogen-bond donors (Lipinski definition) is 0. The largest absolute Gasteiger partial charge is 0.493 e. The van der Waals surface area contributed by atoms with Gasteiger partial charge in [0.25, 0.3) is 5.91 Å². The van der Waals surface area contributed by atoms with E-state index in [2.05, 4.69) is 0 Å². The summed E-state index contributed by atoms with van der Waals surface area (Å²) in [5, 5.41) is 0.599. The van der Waals surface area contributed by atoms with Gasteiger partial charge in [0.1, 0.15) is 5.75 Å². The van der Waals surface area contributed by atoms with Gasteiger partial charge in [-0.25, -0.2) is 0 Å². The summed E-state index contributed by atoms with van der Waals surface area (Å²) in [5.74, 6) is 0.474. The normalized spacial score (nSPS) is 12.3. The third-order valence-corrected chi connectivity index (χ3v) is 5.64. The molecule has 0 radical (unpaired) electrons. The molecule has 1 amide bonds. The Morgan fingerprint density at radius 2 is 1.74 bits per heavy atom. The van der Waals surface area contributed by atoms with Crippen molar-refractivity contribution in [3.05, 3.63) is 77.3 Å². The number of fused-ring (bicyclic) bond motifs is 2. The number of benzene rings is 3. The molecule has 4 rings (SSSR count). The average molecular weight is 396 g/mol. The summed E-state index contributed by atoms with van der Waals surface area (Å²) in [5.41, 5.74) is 2.19. The molecule has 0 saturated carbocycles. The van der Waals surface area contributed by atoms with Crippen LogP contribution in [0.4, 0.5) is 11.4 Å². The van der Waals surface area contributed by atoms with Gasteiger partial charge in [-0.05, 0) is 48.9 Å². The molecule has 1 aliphatic heterocycles. The second-order valence-electron chi connectivity index (χ2n) is 6.17. The molecule has 0 bridgehead atoms. The molecule has 0 atom stereocenters. The Hall–Kier alpha value is -2.43. The first-order chi connectivity index (χ1) is 13.2. The number of nitrogens with zero attached hydrogens (tertiary/aromatic N) is 1. The fraction of sp³-hybridized carbons (Fsp3) is 0.136. The first-order valence-electron chi connectivity index (χ1n) is 8.81. The van der Waals surface area contributed by atoms with Gasteiger partial charge < -0.3 is 4.74 Å². The van der Waals surface area contributed by atoms with Gasteiger partial charge in [-0.3, -0.25) is 9.69 Å². The molecule has 136 valence electrons. The monoisotopic (exact) mass is 395 g/mol. The van der Waals surface area contributed by atoms with E-state index in [1.54, 1.807) is 16.7 Å². The first kappa shape index (κ1) is 18.0. The van der Waals surface area contributed by atoms with E-state index in [1.807, 2.05) is 73.7 Å². The van der Waals surface area contributed by atoms with Crippen LogP contribution in [0.2, 0.25) is 5.02 Å². The number of halogens is 1. The fourth-order valence-electron chi connectivity index (χ4n) is 3.05. The minimum Gasteiger partial charge on any atom is -0.493 e. The van der Waals surface area contributed by atoms with Crippen LogP contribution in [0, 0.1) is 0 Å². The van der Waals surface area contributed by atoms with Crippen molar-refractivity contribution in [3.63, 3.8) is 0 Å². The van der Waals surface area contributed by atoms with Crippen LogP contribution in [0.25, 0.3) is 0 Å². The van der Waals surface area contributed by atoms with Crippen LogP contribution in [0.5, 0.6) is 5.75 Å². The van der Waals surface area contributed by atoms with Crippen LogP contribution >= 0.6 is 23.4 Å². The molecule has 27 heavy (non-hydrogen) atoms. The van der Waals surface area contributed by atoms with Crippen molar-refractivity contribution in [3.8, 4) is 5.75 Å². The van der Waals surface area contributed by atoms with Gasteiger partial charge in [0.2, 0.25) is 0 Å². The summed E-state index contributed by atoms with van der Waals surface area (Å²) >= 11 is 7.89. The lowest BCUT2D eigenvalue weighted by molar-refractivity contribution is 0.0994. The summed E-state index contributed by atoms with van der Waals surface area (Å²) in [7, 11) is 0. The highest BCUT2D eigenvalue weighted by atomic mass is 35.5. The Kier molecular flexibility index (Phi) is 5.10. The number of anilines is 2. The van der Waals surface area contributed by atoms with Gasteiger partial charge in [-0.2, -0.15) is 0 Å². The van der Waals surface area contributed by atoms with Crippen LogP contribution in [0.15, 0.2) is 76.5 Å². The minimum atomic E-state index is -0.127. The van der Waals surface area contributed by atoms with Crippen molar-refractivity contribution in [2.75, 3.05) is 11.5 Å². The smallest absolute Gasteiger partial charge is 0.266 e. The molecular formula is C22H18ClNO2S. The van der Waals surface area contributed by atoms with E-state index >= 15 is 0 Å². The Balaban J connectivity index is 1.84. The molecule has 0 spiro atoms. The molecule has 0 unspecified atom stereocenters. The lowest BCUT2D eigenvalue weighted by Gasteiger charge is -2.31. The molecule has 3 aromatic rings. The number of ether oxygens (including phenoxy) is 1. The standard InChI is InChI=1S/C22H18ClNO2S/c1-2-13-26-19-9-5-3-7-16(19)22(25)24-17-8-4-6-10-20(17)27-21-12-11-15(23)14-18(21)24/h3-12,14H,2,13H2,1H3. The highest BCUT2D eigenvalue weighted by Crippen LogP contribution is 2.49. The lowest BCUT2D eigenvalue weighted by atomic mass is 10.1. The second-order valence-corrected chi connectivity index (χ2v) is 7.69. The summed E-state index contributed by atoms with van der Waals surface area (Å²) < 4.78 is 5.82. The SMILES string of the molecule is CCCOc1ccccc1C(=O)N1c2ccccc2Sc2ccc(Cl)cc21. The van der Waals surface area contributed by atoms with Crippen LogP contribution < -0.4 is 9.64 Å². The Morgan fingerprint density at radius 3 is 2.59 bits per heavy atom. The Labute approximate surface area is 167 Å². The van der Waals surface area contributed by atoms with Crippen molar-refractivity contribution in [2.24, 2.45) is 0 Å². The van der Waals surface area contributed by atoms with E-state index in [0.717, 1.165) is 27.6 Å². The topological polar surface area (TPSA) is 29.5 Å². The molecule has 3 nitrogen and oxygen atoms in total. The highest BCUT2D eigenvalue weighted by Gasteiger charge is 2.30. The summed E-state index contributed by atoms with van der Waals surface area (Å²) in [6.45, 7) is 2.61. The van der Waals surface area contributed by atoms with E-state index in [9.17, 15) is 4.79 Å². The molecule has 1 heterocycles. The molecule has 0 saturated heterocycles. The van der Waals surface area contributed by atoms with Crippen LogP contribution in [-0.4, -0.2) is 12.5 Å². The molecule has 0 N–H and O–H groups in total. The number of rotatable bonds is 4. The van der Waals surface area contributed by atoms with E-state index in [4.69, 9.17) is 16.3 Å². The predicted molar refractivity (Wildman–Crippen MR) is 111 cm³/mol. The Bertz CT molecular complexity index is 1010. The lowest BCUT2D eigenvalue weighted by Crippen LogP contribution is -2.29. The molecule has 3 aromatic carbocycles. The summed E-state index contributed by atoms with van der Waals surface area (Å²) in [4.78, 5) is 17.4. The van der Waals surface area contributed by atoms with E-state index in [0.29, 0.717) is 22.9 Å². The quantitative estimate of drug-likeness (QED) is 0.500. The maximum atomic E-state index is 13.6. The molecule has 5 heteroatoms. The van der Waals surface area contributed by atoms with Crippen molar-refractivity contribution in [2.45, 2.75) is 23.1 Å². The molecule has 0 aromatic heterocycles. The van der Waals surface area contributed by atoms with Crippen molar-refractivity contribution >= 4 is 40.6 Å². The zero-order valence-electron chi connectivity index (χ0n) is 14.8. The number of carbonyl (C=O) groups excluding carboxylic acids is 1. The Morgan fingerprint density at radius 1 is 1.00 bits per heavy atom. The zero-order chi connectivity index (χ0) is 18.8.